The Morgan fingerprint density at radius 1 is 1.18 bits per heavy atom. The molecule has 0 amide bonds. The Morgan fingerprint density at radius 3 is 2.53 bits per heavy atom. The Morgan fingerprint density at radius 2 is 1.88 bits per heavy atom. The molecule has 17 heavy (non-hydrogen) atoms. The lowest BCUT2D eigenvalue weighted by Crippen LogP contribution is -2.43. The van der Waals surface area contributed by atoms with E-state index in [4.69, 9.17) is 0 Å². The van der Waals surface area contributed by atoms with Gasteiger partial charge in [0.1, 0.15) is 0 Å². The van der Waals surface area contributed by atoms with Crippen LogP contribution in [-0.4, -0.2) is 43.0 Å². The minimum Gasteiger partial charge on any atom is -0.372 e. The van der Waals surface area contributed by atoms with Crippen LogP contribution >= 0.6 is 0 Å². The molecule has 0 saturated carbocycles. The smallest absolute Gasteiger partial charge is 0.0303 e. The lowest BCUT2D eigenvalue weighted by atomic mass is 10.1. The Balaban J connectivity index is 2.12. The van der Waals surface area contributed by atoms with Crippen molar-refractivity contribution in [1.82, 2.24) is 9.80 Å². The van der Waals surface area contributed by atoms with Crippen molar-refractivity contribution < 1.29 is 0 Å². The van der Waals surface area contributed by atoms with E-state index >= 15 is 0 Å². The average molecular weight is 232 g/mol. The molecule has 1 heterocycles. The molecule has 1 aliphatic heterocycles. The normalized spacial score (nSPS) is 22.8. The van der Waals surface area contributed by atoms with E-state index in [9.17, 15) is 0 Å². The first-order chi connectivity index (χ1) is 8.20. The standard InChI is InChI=1S/C15H24N2/c1-4-14-6-5-7-15(12-13(14)2)17-10-8-16(3)9-11-17/h5-6,12H,4,7-11H2,1-3H3. The van der Waals surface area contributed by atoms with Crippen molar-refractivity contribution >= 4 is 0 Å². The van der Waals surface area contributed by atoms with E-state index in [2.05, 4.69) is 48.9 Å². The summed E-state index contributed by atoms with van der Waals surface area (Å²) >= 11 is 0. The first-order valence-corrected chi connectivity index (χ1v) is 6.71. The maximum Gasteiger partial charge on any atom is 0.0303 e. The molecule has 2 rings (SSSR count). The molecule has 0 unspecified atom stereocenters. The summed E-state index contributed by atoms with van der Waals surface area (Å²) in [4.78, 5) is 4.95. The molecule has 0 aromatic heterocycles. The van der Waals surface area contributed by atoms with Crippen molar-refractivity contribution in [2.24, 2.45) is 0 Å². The van der Waals surface area contributed by atoms with Gasteiger partial charge in [-0.1, -0.05) is 19.1 Å². The van der Waals surface area contributed by atoms with Gasteiger partial charge in [0.2, 0.25) is 0 Å². The summed E-state index contributed by atoms with van der Waals surface area (Å²) in [5.41, 5.74) is 4.42. The van der Waals surface area contributed by atoms with E-state index in [1.165, 1.54) is 43.0 Å². The number of rotatable bonds is 2. The zero-order valence-corrected chi connectivity index (χ0v) is 11.4. The van der Waals surface area contributed by atoms with E-state index in [1.54, 1.807) is 0 Å². The molecule has 0 aromatic carbocycles. The molecule has 0 radical (unpaired) electrons. The highest BCUT2D eigenvalue weighted by Gasteiger charge is 2.16. The fourth-order valence-electron chi connectivity index (χ4n) is 2.57. The summed E-state index contributed by atoms with van der Waals surface area (Å²) in [5, 5.41) is 0. The molecule has 0 spiro atoms. The summed E-state index contributed by atoms with van der Waals surface area (Å²) in [7, 11) is 2.21. The highest BCUT2D eigenvalue weighted by atomic mass is 15.2. The van der Waals surface area contributed by atoms with Gasteiger partial charge in [-0.2, -0.15) is 0 Å². The van der Waals surface area contributed by atoms with Gasteiger partial charge >= 0.3 is 0 Å². The molecule has 0 aromatic rings. The number of hydrogen-bond acceptors (Lipinski definition) is 2. The van der Waals surface area contributed by atoms with E-state index in [-0.39, 0.29) is 0 Å². The lowest BCUT2D eigenvalue weighted by Gasteiger charge is -2.35. The van der Waals surface area contributed by atoms with Gasteiger partial charge in [0.15, 0.2) is 0 Å². The molecule has 1 saturated heterocycles. The minimum atomic E-state index is 1.09. The van der Waals surface area contributed by atoms with Crippen LogP contribution in [0.5, 0.6) is 0 Å². The molecular formula is C15H24N2. The van der Waals surface area contributed by atoms with Crippen LogP contribution in [0.4, 0.5) is 0 Å². The number of allylic oxidation sites excluding steroid dienone is 5. The Labute approximate surface area is 105 Å². The van der Waals surface area contributed by atoms with Crippen LogP contribution in [0.1, 0.15) is 26.7 Å². The Hall–Kier alpha value is -1.02. The molecule has 2 aliphatic rings. The van der Waals surface area contributed by atoms with Crippen LogP contribution in [0.3, 0.4) is 0 Å². The first-order valence-electron chi connectivity index (χ1n) is 6.71. The van der Waals surface area contributed by atoms with E-state index in [0.29, 0.717) is 0 Å². The predicted octanol–water partition coefficient (Wildman–Crippen LogP) is 2.80. The summed E-state index contributed by atoms with van der Waals surface area (Å²) < 4.78 is 0. The van der Waals surface area contributed by atoms with Crippen molar-refractivity contribution in [3.8, 4) is 0 Å². The molecule has 1 aliphatic carbocycles. The van der Waals surface area contributed by atoms with E-state index < -0.39 is 0 Å². The van der Waals surface area contributed by atoms with Crippen molar-refractivity contribution in [2.45, 2.75) is 26.7 Å². The number of likely N-dealkylation sites (N-methyl/N-ethyl adjacent to an activating group) is 1. The number of hydrogen-bond donors (Lipinski definition) is 0. The SMILES string of the molecule is CCC1=C(C)C=C(N2CCN(C)CC2)CC=C1. The third-order valence-corrected chi connectivity index (χ3v) is 3.83. The van der Waals surface area contributed by atoms with E-state index in [0.717, 1.165) is 12.8 Å². The number of nitrogens with zero attached hydrogens (tertiary/aromatic N) is 2. The molecule has 0 N–H and O–H groups in total. The molecule has 0 atom stereocenters. The zero-order valence-electron chi connectivity index (χ0n) is 11.4. The Kier molecular flexibility index (Phi) is 4.06. The van der Waals surface area contributed by atoms with Gasteiger partial charge in [-0.05, 0) is 37.6 Å². The molecule has 0 bridgehead atoms. The summed E-state index contributed by atoms with van der Waals surface area (Å²) in [6.45, 7) is 9.19. The maximum atomic E-state index is 2.55. The first kappa shape index (κ1) is 12.4. The quantitative estimate of drug-likeness (QED) is 0.722. The van der Waals surface area contributed by atoms with Crippen LogP contribution in [0.2, 0.25) is 0 Å². The summed E-state index contributed by atoms with van der Waals surface area (Å²) in [6, 6.07) is 0. The van der Waals surface area contributed by atoms with Crippen LogP contribution < -0.4 is 0 Å². The van der Waals surface area contributed by atoms with Crippen LogP contribution in [0.15, 0.2) is 35.1 Å². The maximum absolute atomic E-state index is 2.55. The second-order valence-corrected chi connectivity index (χ2v) is 5.09. The van der Waals surface area contributed by atoms with Gasteiger partial charge in [0, 0.05) is 38.3 Å². The zero-order chi connectivity index (χ0) is 12.3. The van der Waals surface area contributed by atoms with Crippen LogP contribution in [-0.2, 0) is 0 Å². The van der Waals surface area contributed by atoms with E-state index in [1.807, 2.05) is 0 Å². The molecule has 1 fully saturated rings. The van der Waals surface area contributed by atoms with Gasteiger partial charge in [0.25, 0.3) is 0 Å². The molecule has 2 nitrogen and oxygen atoms in total. The van der Waals surface area contributed by atoms with Gasteiger partial charge in [-0.15, -0.1) is 0 Å². The second kappa shape index (κ2) is 5.54. The average Bonchev–Trinajstić information content (AvgIpc) is 2.51. The van der Waals surface area contributed by atoms with Gasteiger partial charge < -0.3 is 9.80 Å². The monoisotopic (exact) mass is 232 g/mol. The highest BCUT2D eigenvalue weighted by Crippen LogP contribution is 2.22. The van der Waals surface area contributed by atoms with Crippen molar-refractivity contribution in [3.63, 3.8) is 0 Å². The van der Waals surface area contributed by atoms with Gasteiger partial charge in [-0.25, -0.2) is 0 Å². The van der Waals surface area contributed by atoms with Crippen molar-refractivity contribution in [1.29, 1.82) is 0 Å². The van der Waals surface area contributed by atoms with Gasteiger partial charge in [-0.3, -0.25) is 0 Å². The Bertz CT molecular complexity index is 355. The van der Waals surface area contributed by atoms with Gasteiger partial charge in [0.05, 0.1) is 0 Å². The molecule has 94 valence electrons. The number of piperazine rings is 1. The topological polar surface area (TPSA) is 6.48 Å². The third-order valence-electron chi connectivity index (χ3n) is 3.83. The lowest BCUT2D eigenvalue weighted by molar-refractivity contribution is 0.184. The van der Waals surface area contributed by atoms with Crippen molar-refractivity contribution in [2.75, 3.05) is 33.2 Å². The fourth-order valence-corrected chi connectivity index (χ4v) is 2.57. The molecule has 2 heteroatoms. The largest absolute Gasteiger partial charge is 0.372 e. The molecular weight excluding hydrogens is 208 g/mol. The fraction of sp³-hybridized carbons (Fsp3) is 0.600. The summed E-state index contributed by atoms with van der Waals surface area (Å²) in [6.07, 6.45) is 9.23. The predicted molar refractivity (Wildman–Crippen MR) is 73.9 cm³/mol. The second-order valence-electron chi connectivity index (χ2n) is 5.09. The van der Waals surface area contributed by atoms with Crippen LogP contribution in [0.25, 0.3) is 0 Å². The summed E-state index contributed by atoms with van der Waals surface area (Å²) in [5.74, 6) is 0. The van der Waals surface area contributed by atoms with Crippen LogP contribution in [0, 0.1) is 0 Å². The van der Waals surface area contributed by atoms with Crippen molar-refractivity contribution in [3.05, 3.63) is 35.1 Å². The highest BCUT2D eigenvalue weighted by molar-refractivity contribution is 5.37. The third kappa shape index (κ3) is 3.01. The minimum absolute atomic E-state index is 1.09.